The highest BCUT2D eigenvalue weighted by atomic mass is 16.5. The predicted molar refractivity (Wildman–Crippen MR) is 98.4 cm³/mol. The van der Waals surface area contributed by atoms with Gasteiger partial charge < -0.3 is 15.8 Å². The Labute approximate surface area is 144 Å². The summed E-state index contributed by atoms with van der Waals surface area (Å²) in [6, 6.07) is 13.3. The van der Waals surface area contributed by atoms with Crippen molar-refractivity contribution in [2.75, 3.05) is 12.8 Å². The second kappa shape index (κ2) is 7.86. The van der Waals surface area contributed by atoms with Crippen LogP contribution >= 0.6 is 0 Å². The molecule has 24 heavy (non-hydrogen) atoms. The lowest BCUT2D eigenvalue weighted by Gasteiger charge is -2.24. The van der Waals surface area contributed by atoms with Crippen LogP contribution in [0.3, 0.4) is 0 Å². The summed E-state index contributed by atoms with van der Waals surface area (Å²) in [4.78, 5) is 12.7. The van der Waals surface area contributed by atoms with Crippen LogP contribution in [0.25, 0.3) is 0 Å². The Morgan fingerprint density at radius 3 is 2.58 bits per heavy atom. The summed E-state index contributed by atoms with van der Waals surface area (Å²) in [6.45, 7) is 6.12. The number of anilines is 1. The first-order valence-corrected chi connectivity index (χ1v) is 8.21. The fourth-order valence-corrected chi connectivity index (χ4v) is 2.69. The second-order valence-corrected chi connectivity index (χ2v) is 6.41. The number of nitrogen functional groups attached to an aromatic ring is 1. The maximum atomic E-state index is 12.7. The molecular formula is C20H26N2O2. The Balaban J connectivity index is 2.19. The molecule has 0 saturated carbocycles. The van der Waals surface area contributed by atoms with Crippen molar-refractivity contribution in [3.05, 3.63) is 59.2 Å². The van der Waals surface area contributed by atoms with Gasteiger partial charge in [-0.05, 0) is 48.6 Å². The van der Waals surface area contributed by atoms with Crippen molar-refractivity contribution in [3.63, 3.8) is 0 Å². The predicted octanol–water partition coefficient (Wildman–Crippen LogP) is 3.58. The van der Waals surface area contributed by atoms with Crippen molar-refractivity contribution in [1.82, 2.24) is 5.32 Å². The van der Waals surface area contributed by atoms with Gasteiger partial charge in [-0.1, -0.05) is 38.1 Å². The minimum atomic E-state index is -0.0894. The molecule has 0 heterocycles. The van der Waals surface area contributed by atoms with Crippen molar-refractivity contribution < 1.29 is 9.53 Å². The van der Waals surface area contributed by atoms with E-state index < -0.39 is 0 Å². The van der Waals surface area contributed by atoms with Crippen molar-refractivity contribution in [2.45, 2.75) is 33.2 Å². The van der Waals surface area contributed by atoms with Gasteiger partial charge in [0.2, 0.25) is 0 Å². The number of ether oxygens (including phenoxy) is 1. The van der Waals surface area contributed by atoms with Gasteiger partial charge in [0.1, 0.15) is 5.75 Å². The topological polar surface area (TPSA) is 64.3 Å². The number of hydrogen-bond acceptors (Lipinski definition) is 3. The number of hydrogen-bond donors (Lipinski definition) is 2. The lowest BCUT2D eigenvalue weighted by atomic mass is 9.95. The quantitative estimate of drug-likeness (QED) is 0.798. The van der Waals surface area contributed by atoms with Gasteiger partial charge in [-0.2, -0.15) is 0 Å². The molecule has 2 rings (SSSR count). The number of methoxy groups -OCH3 is 1. The van der Waals surface area contributed by atoms with E-state index in [4.69, 9.17) is 10.5 Å². The van der Waals surface area contributed by atoms with Crippen molar-refractivity contribution in [2.24, 2.45) is 5.92 Å². The Morgan fingerprint density at radius 1 is 1.21 bits per heavy atom. The van der Waals surface area contributed by atoms with E-state index in [2.05, 4.69) is 19.2 Å². The summed E-state index contributed by atoms with van der Waals surface area (Å²) in [7, 11) is 1.66. The van der Waals surface area contributed by atoms with E-state index in [1.165, 1.54) is 0 Å². The molecule has 0 aliphatic carbocycles. The van der Waals surface area contributed by atoms with E-state index in [-0.39, 0.29) is 11.9 Å². The largest absolute Gasteiger partial charge is 0.496 e. The maximum Gasteiger partial charge on any atom is 0.251 e. The summed E-state index contributed by atoms with van der Waals surface area (Å²) >= 11 is 0. The Morgan fingerprint density at radius 2 is 1.92 bits per heavy atom. The zero-order chi connectivity index (χ0) is 17.7. The van der Waals surface area contributed by atoms with Crippen LogP contribution in [0.2, 0.25) is 0 Å². The first kappa shape index (κ1) is 17.9. The van der Waals surface area contributed by atoms with Crippen molar-refractivity contribution in [3.8, 4) is 5.75 Å². The fourth-order valence-electron chi connectivity index (χ4n) is 2.69. The summed E-state index contributed by atoms with van der Waals surface area (Å²) in [5.41, 5.74) is 9.04. The lowest BCUT2D eigenvalue weighted by Crippen LogP contribution is -2.40. The van der Waals surface area contributed by atoms with Gasteiger partial charge in [0.05, 0.1) is 7.11 Å². The highest BCUT2D eigenvalue weighted by Gasteiger charge is 2.20. The third kappa shape index (κ3) is 4.28. The van der Waals surface area contributed by atoms with Gasteiger partial charge in [-0.15, -0.1) is 0 Å². The Kier molecular flexibility index (Phi) is 5.85. The standard InChI is InChI=1S/C20H26N2O2/c1-13(2)18(11-15-7-5-6-8-19(15)24-4)22-20(23)17-12-16(21)10-9-14(17)3/h5-10,12-13,18H,11,21H2,1-4H3,(H,22,23). The van der Waals surface area contributed by atoms with E-state index >= 15 is 0 Å². The number of benzene rings is 2. The van der Waals surface area contributed by atoms with Gasteiger partial charge in [-0.25, -0.2) is 0 Å². The molecular weight excluding hydrogens is 300 g/mol. The van der Waals surface area contributed by atoms with E-state index in [0.717, 1.165) is 23.3 Å². The highest BCUT2D eigenvalue weighted by molar-refractivity contribution is 5.96. The molecule has 1 unspecified atom stereocenters. The van der Waals surface area contributed by atoms with Crippen LogP contribution < -0.4 is 15.8 Å². The molecule has 0 aliphatic heterocycles. The summed E-state index contributed by atoms with van der Waals surface area (Å²) in [6.07, 6.45) is 0.717. The first-order chi connectivity index (χ1) is 11.4. The number of rotatable bonds is 6. The monoisotopic (exact) mass is 326 g/mol. The van der Waals surface area contributed by atoms with Gasteiger partial charge in [0.15, 0.2) is 0 Å². The normalized spacial score (nSPS) is 12.0. The molecule has 2 aromatic carbocycles. The third-order valence-corrected chi connectivity index (χ3v) is 4.26. The van der Waals surface area contributed by atoms with Crippen LogP contribution in [0.1, 0.15) is 35.3 Å². The SMILES string of the molecule is COc1ccccc1CC(NC(=O)c1cc(N)ccc1C)C(C)C. The second-order valence-electron chi connectivity index (χ2n) is 6.41. The molecule has 0 aliphatic rings. The third-order valence-electron chi connectivity index (χ3n) is 4.26. The number of aryl methyl sites for hydroxylation is 1. The lowest BCUT2D eigenvalue weighted by molar-refractivity contribution is 0.0925. The molecule has 2 aromatic rings. The molecule has 0 spiro atoms. The fraction of sp³-hybridized carbons (Fsp3) is 0.350. The molecule has 4 heteroatoms. The van der Waals surface area contributed by atoms with Crippen LogP contribution in [0.4, 0.5) is 5.69 Å². The van der Waals surface area contributed by atoms with E-state index in [1.54, 1.807) is 19.2 Å². The zero-order valence-corrected chi connectivity index (χ0v) is 14.8. The molecule has 0 radical (unpaired) electrons. The summed E-state index contributed by atoms with van der Waals surface area (Å²) < 4.78 is 5.42. The average Bonchev–Trinajstić information content (AvgIpc) is 2.56. The minimum absolute atomic E-state index is 0.00892. The van der Waals surface area contributed by atoms with Gasteiger partial charge in [0, 0.05) is 17.3 Å². The molecule has 0 fully saturated rings. The van der Waals surface area contributed by atoms with Crippen LogP contribution in [-0.2, 0) is 6.42 Å². The molecule has 4 nitrogen and oxygen atoms in total. The first-order valence-electron chi connectivity index (χ1n) is 8.21. The molecule has 1 atom stereocenters. The Bertz CT molecular complexity index is 711. The van der Waals surface area contributed by atoms with Crippen molar-refractivity contribution >= 4 is 11.6 Å². The molecule has 0 aromatic heterocycles. The molecule has 0 saturated heterocycles. The highest BCUT2D eigenvalue weighted by Crippen LogP contribution is 2.21. The van der Waals surface area contributed by atoms with Crippen LogP contribution in [0.15, 0.2) is 42.5 Å². The van der Waals surface area contributed by atoms with Crippen LogP contribution in [-0.4, -0.2) is 19.1 Å². The number of nitrogens with two attached hydrogens (primary N) is 1. The van der Waals surface area contributed by atoms with Gasteiger partial charge >= 0.3 is 0 Å². The minimum Gasteiger partial charge on any atom is -0.496 e. The number of carbonyl (C=O) groups is 1. The van der Waals surface area contributed by atoms with Gasteiger partial charge in [-0.3, -0.25) is 4.79 Å². The van der Waals surface area contributed by atoms with Crippen LogP contribution in [0.5, 0.6) is 5.75 Å². The molecule has 0 bridgehead atoms. The number of nitrogens with one attached hydrogen (secondary N) is 1. The van der Waals surface area contributed by atoms with Crippen LogP contribution in [0, 0.1) is 12.8 Å². The van der Waals surface area contributed by atoms with E-state index in [0.29, 0.717) is 17.2 Å². The number of para-hydroxylation sites is 1. The van der Waals surface area contributed by atoms with E-state index in [9.17, 15) is 4.79 Å². The smallest absolute Gasteiger partial charge is 0.251 e. The van der Waals surface area contributed by atoms with Gasteiger partial charge in [0.25, 0.3) is 5.91 Å². The average molecular weight is 326 g/mol. The maximum absolute atomic E-state index is 12.7. The number of amides is 1. The zero-order valence-electron chi connectivity index (χ0n) is 14.8. The van der Waals surface area contributed by atoms with Crippen molar-refractivity contribution in [1.29, 1.82) is 0 Å². The van der Waals surface area contributed by atoms with E-state index in [1.807, 2.05) is 37.3 Å². The molecule has 3 N–H and O–H groups in total. The number of carbonyl (C=O) groups excluding carboxylic acids is 1. The Hall–Kier alpha value is -2.49. The molecule has 1 amide bonds. The molecule has 128 valence electrons. The summed E-state index contributed by atoms with van der Waals surface area (Å²) in [5, 5.41) is 3.15. The summed E-state index contributed by atoms with van der Waals surface area (Å²) in [5.74, 6) is 1.05.